The van der Waals surface area contributed by atoms with Crippen molar-refractivity contribution in [1.29, 1.82) is 0 Å². The topological polar surface area (TPSA) is 202 Å². The van der Waals surface area contributed by atoms with E-state index in [0.717, 1.165) is 0 Å². The fourth-order valence-corrected chi connectivity index (χ4v) is 4.18. The zero-order valence-electron chi connectivity index (χ0n) is 24.2. The summed E-state index contributed by atoms with van der Waals surface area (Å²) in [6.07, 6.45) is 3.09. The molecule has 1 unspecified atom stereocenters. The molecular weight excluding hydrogens is 552 g/mol. The number of hydroxylamine groups is 2. The molecule has 0 saturated carbocycles. The molecule has 14 nitrogen and oxygen atoms in total. The number of aliphatic carboxylic acids is 1. The first kappa shape index (κ1) is 34.2. The first-order valence-electron chi connectivity index (χ1n) is 13.5. The van der Waals surface area contributed by atoms with Crippen LogP contribution in [0.4, 0.5) is 0 Å². The largest absolute Gasteiger partial charge is 0.490 e. The van der Waals surface area contributed by atoms with E-state index in [2.05, 4.69) is 16.1 Å². The molecule has 0 aliphatic carbocycles. The summed E-state index contributed by atoms with van der Waals surface area (Å²) in [5.41, 5.74) is 3.74. The molecule has 2 aliphatic rings. The number of hydrogen-bond donors (Lipinski definition) is 6. The summed E-state index contributed by atoms with van der Waals surface area (Å²) < 4.78 is 11.3. The molecule has 0 spiro atoms. The maximum Gasteiger partial charge on any atom is 0.326 e. The molecule has 0 saturated heterocycles. The third-order valence-corrected chi connectivity index (χ3v) is 6.32. The van der Waals surface area contributed by atoms with Crippen molar-refractivity contribution in [3.05, 3.63) is 42.0 Å². The summed E-state index contributed by atoms with van der Waals surface area (Å²) in [6, 6.07) is 3.56. The summed E-state index contributed by atoms with van der Waals surface area (Å²) in [6.45, 7) is 5.84. The number of rotatable bonds is 9. The van der Waals surface area contributed by atoms with Crippen LogP contribution in [0.3, 0.4) is 0 Å². The van der Waals surface area contributed by atoms with E-state index in [1.54, 1.807) is 30.3 Å². The van der Waals surface area contributed by atoms with Gasteiger partial charge in [0.05, 0.1) is 18.6 Å². The molecule has 3 rings (SSSR count). The molecule has 14 heteroatoms. The molecule has 2 heterocycles. The van der Waals surface area contributed by atoms with Crippen LogP contribution in [0.15, 0.2) is 36.4 Å². The fourth-order valence-electron chi connectivity index (χ4n) is 4.18. The number of ether oxygens (including phenoxy) is 2. The van der Waals surface area contributed by atoms with Gasteiger partial charge in [0.2, 0.25) is 17.7 Å². The van der Waals surface area contributed by atoms with Gasteiger partial charge < -0.3 is 25.2 Å². The lowest BCUT2D eigenvalue weighted by Gasteiger charge is -2.29. The number of carboxylic acid groups (broad SMARTS) is 1. The smallest absolute Gasteiger partial charge is 0.326 e. The lowest BCUT2D eigenvalue weighted by atomic mass is 9.91. The number of hydrogen-bond acceptors (Lipinski definition) is 9. The second-order valence-corrected chi connectivity index (χ2v) is 10.7. The number of fused-ring (bicyclic) bond motifs is 13. The summed E-state index contributed by atoms with van der Waals surface area (Å²) in [5.74, 6) is -7.35. The van der Waals surface area contributed by atoms with Crippen LogP contribution < -0.4 is 26.3 Å². The van der Waals surface area contributed by atoms with Crippen LogP contribution in [0.1, 0.15) is 45.6 Å². The van der Waals surface area contributed by atoms with Gasteiger partial charge >= 0.3 is 5.97 Å². The first-order chi connectivity index (χ1) is 19.9. The highest BCUT2D eigenvalue weighted by atomic mass is 16.6. The van der Waals surface area contributed by atoms with Crippen molar-refractivity contribution < 1.29 is 48.6 Å². The third kappa shape index (κ3) is 11.1. The zero-order chi connectivity index (χ0) is 31.3. The third-order valence-electron chi connectivity index (χ3n) is 6.32. The lowest BCUT2D eigenvalue weighted by Crippen LogP contribution is -2.59. The van der Waals surface area contributed by atoms with Gasteiger partial charge in [-0.1, -0.05) is 24.3 Å². The summed E-state index contributed by atoms with van der Waals surface area (Å²) in [7, 11) is 1.19. The van der Waals surface area contributed by atoms with Gasteiger partial charge in [0.1, 0.15) is 30.4 Å². The maximum absolute atomic E-state index is 13.6. The molecule has 0 aromatic heterocycles. The van der Waals surface area contributed by atoms with Crippen LogP contribution in [-0.2, 0) is 40.0 Å². The quantitative estimate of drug-likeness (QED) is 0.0776. The van der Waals surface area contributed by atoms with E-state index in [1.165, 1.54) is 18.7 Å². The monoisotopic (exact) mass is 592 g/mol. The predicted octanol–water partition coefficient (Wildman–Crippen LogP) is 0.633. The molecule has 2 bridgehead atoms. The van der Waals surface area contributed by atoms with Crippen molar-refractivity contribution in [3.63, 3.8) is 0 Å². The summed E-state index contributed by atoms with van der Waals surface area (Å²) >= 11 is 0. The second-order valence-electron chi connectivity index (χ2n) is 10.7. The Labute approximate surface area is 244 Å². The van der Waals surface area contributed by atoms with Crippen LogP contribution in [-0.4, -0.2) is 77.9 Å². The fraction of sp³-hybridized carbons (Fsp3) is 0.536. The molecule has 2 aliphatic heterocycles. The molecule has 4 atom stereocenters. The molecule has 6 N–H and O–H groups in total. The van der Waals surface area contributed by atoms with E-state index in [0.29, 0.717) is 11.3 Å². The van der Waals surface area contributed by atoms with Crippen molar-refractivity contribution in [1.82, 2.24) is 21.6 Å². The highest BCUT2D eigenvalue weighted by Crippen LogP contribution is 2.19. The minimum atomic E-state index is -1.66. The predicted molar refractivity (Wildman–Crippen MR) is 148 cm³/mol. The standard InChI is InChI=1S/C28H40N4O10/c1-28(2,3)42-15-7-8-19(24(34)31-39)22-26(36)29-21(27(37)38)9-5-6-14-41-18-12-10-17(11-13-18)16-20(23(33)30-22)25(35)32-40-4/h5-6,10-13,19-22,39H,7-9,14-16H2,1-4H3,(H,29,36)(H,30,33)(H,31,34)(H,32,35)(H,37,38)/b6-5-/t19?,20-,21-,22-/m0/s1. The number of carbonyl (C=O) groups is 5. The van der Waals surface area contributed by atoms with E-state index >= 15 is 0 Å². The van der Waals surface area contributed by atoms with Crippen molar-refractivity contribution in [3.8, 4) is 5.75 Å². The Morgan fingerprint density at radius 1 is 1.10 bits per heavy atom. The van der Waals surface area contributed by atoms with Crippen LogP contribution >= 0.6 is 0 Å². The highest BCUT2D eigenvalue weighted by Gasteiger charge is 2.39. The van der Waals surface area contributed by atoms with Crippen LogP contribution in [0.2, 0.25) is 0 Å². The van der Waals surface area contributed by atoms with Crippen molar-refractivity contribution >= 4 is 29.6 Å². The SMILES string of the molecule is CONC(=O)[C@H]1Cc2ccc(cc2)OC/C=C\C[C@@H](C(=O)O)NC(=O)[C@H](C(CCCOC(C)(C)C)C(=O)NO)NC1=O. The summed E-state index contributed by atoms with van der Waals surface area (Å²) in [5, 5.41) is 24.0. The average molecular weight is 593 g/mol. The van der Waals surface area contributed by atoms with Crippen LogP contribution in [0.5, 0.6) is 5.75 Å². The van der Waals surface area contributed by atoms with Gasteiger partial charge in [0.25, 0.3) is 5.91 Å². The molecule has 0 radical (unpaired) electrons. The average Bonchev–Trinajstić information content (AvgIpc) is 2.93. The molecule has 1 aromatic carbocycles. The maximum atomic E-state index is 13.6. The Kier molecular flexibility index (Phi) is 13.4. The van der Waals surface area contributed by atoms with Gasteiger partial charge in [-0.05, 0) is 64.2 Å². The molecule has 1 aromatic rings. The van der Waals surface area contributed by atoms with Crippen LogP contribution in [0.25, 0.3) is 0 Å². The van der Waals surface area contributed by atoms with E-state index in [1.807, 2.05) is 20.8 Å². The number of benzene rings is 1. The minimum Gasteiger partial charge on any atom is -0.490 e. The lowest BCUT2D eigenvalue weighted by molar-refractivity contribution is -0.146. The van der Waals surface area contributed by atoms with Crippen molar-refractivity contribution in [2.75, 3.05) is 20.3 Å². The number of nitrogens with one attached hydrogen (secondary N) is 4. The highest BCUT2D eigenvalue weighted by molar-refractivity contribution is 6.03. The number of carbonyl (C=O) groups excluding carboxylic acids is 4. The number of amides is 4. The Hall–Kier alpha value is -4.01. The Morgan fingerprint density at radius 3 is 2.38 bits per heavy atom. The molecule has 0 fully saturated rings. The Balaban J connectivity index is 2.51. The van der Waals surface area contributed by atoms with E-state index in [-0.39, 0.29) is 38.9 Å². The molecular formula is C28H40N4O10. The van der Waals surface area contributed by atoms with E-state index in [9.17, 15) is 34.3 Å². The van der Waals surface area contributed by atoms with Gasteiger partial charge in [-0.2, -0.15) is 0 Å². The van der Waals surface area contributed by atoms with Gasteiger partial charge in [-0.3, -0.25) is 29.2 Å². The molecule has 232 valence electrons. The van der Waals surface area contributed by atoms with Crippen molar-refractivity contribution in [2.24, 2.45) is 11.8 Å². The molecule has 4 amide bonds. The first-order valence-corrected chi connectivity index (χ1v) is 13.5. The van der Waals surface area contributed by atoms with E-state index < -0.39 is 59.1 Å². The van der Waals surface area contributed by atoms with Gasteiger partial charge in [0.15, 0.2) is 0 Å². The summed E-state index contributed by atoms with van der Waals surface area (Å²) in [4.78, 5) is 69.4. The number of carboxylic acids is 1. The normalized spacial score (nSPS) is 21.6. The van der Waals surface area contributed by atoms with E-state index in [4.69, 9.17) is 14.3 Å². The Morgan fingerprint density at radius 2 is 1.79 bits per heavy atom. The van der Waals surface area contributed by atoms with Gasteiger partial charge in [0, 0.05) is 6.61 Å². The van der Waals surface area contributed by atoms with Crippen LogP contribution in [0, 0.1) is 11.8 Å². The van der Waals surface area contributed by atoms with Crippen molar-refractivity contribution in [2.45, 2.75) is 64.1 Å². The molecule has 42 heavy (non-hydrogen) atoms. The van der Waals surface area contributed by atoms with Gasteiger partial charge in [-0.25, -0.2) is 15.8 Å². The second kappa shape index (κ2) is 16.4. The zero-order valence-corrected chi connectivity index (χ0v) is 24.2. The van der Waals surface area contributed by atoms with Gasteiger partial charge in [-0.15, -0.1) is 0 Å². The minimum absolute atomic E-state index is 0.0355. The Bertz CT molecular complexity index is 1120.